The van der Waals surface area contributed by atoms with Crippen molar-refractivity contribution in [2.75, 3.05) is 0 Å². The van der Waals surface area contributed by atoms with Crippen LogP contribution in [0.3, 0.4) is 0 Å². The summed E-state index contributed by atoms with van der Waals surface area (Å²) in [6.07, 6.45) is 3.38. The summed E-state index contributed by atoms with van der Waals surface area (Å²) >= 11 is 0. The molecule has 0 aliphatic heterocycles. The maximum Gasteiger partial charge on any atom is 0.113 e. The van der Waals surface area contributed by atoms with Crippen LogP contribution in [0.1, 0.15) is 65.6 Å². The number of nitrogens with zero attached hydrogens (tertiary/aromatic N) is 2. The lowest BCUT2D eigenvalue weighted by Crippen LogP contribution is -2.25. The maximum absolute atomic E-state index is 5.86. The predicted octanol–water partition coefficient (Wildman–Crippen LogP) is 4.41. The van der Waals surface area contributed by atoms with E-state index in [0.717, 1.165) is 24.8 Å². The van der Waals surface area contributed by atoms with Gasteiger partial charge in [-0.25, -0.2) is 4.98 Å². The molecule has 0 bridgehead atoms. The second-order valence-electron chi connectivity index (χ2n) is 7.27. The molecule has 1 aromatic carbocycles. The molecule has 1 aromatic heterocycles. The second kappa shape index (κ2) is 6.18. The summed E-state index contributed by atoms with van der Waals surface area (Å²) in [6, 6.07) is 8.73. The molecule has 0 spiro atoms. The van der Waals surface area contributed by atoms with Crippen LogP contribution >= 0.6 is 0 Å². The predicted molar refractivity (Wildman–Crippen MR) is 90.6 cm³/mol. The summed E-state index contributed by atoms with van der Waals surface area (Å²) in [6.45, 7) is 11.1. The van der Waals surface area contributed by atoms with Gasteiger partial charge in [0.1, 0.15) is 5.82 Å². The number of aromatic nitrogens is 2. The summed E-state index contributed by atoms with van der Waals surface area (Å²) in [7, 11) is 0. The lowest BCUT2D eigenvalue weighted by molar-refractivity contribution is 0.380. The van der Waals surface area contributed by atoms with Crippen LogP contribution < -0.4 is 5.73 Å². The minimum atomic E-state index is 0.0425. The van der Waals surface area contributed by atoms with Crippen LogP contribution in [-0.2, 0) is 5.54 Å². The van der Waals surface area contributed by atoms with E-state index in [1.165, 1.54) is 11.3 Å². The Morgan fingerprint density at radius 3 is 2.43 bits per heavy atom. The fourth-order valence-electron chi connectivity index (χ4n) is 2.96. The van der Waals surface area contributed by atoms with Gasteiger partial charge in [0.2, 0.25) is 0 Å². The molecule has 2 unspecified atom stereocenters. The summed E-state index contributed by atoms with van der Waals surface area (Å²) in [4.78, 5) is 4.91. The van der Waals surface area contributed by atoms with Gasteiger partial charge < -0.3 is 10.3 Å². The number of hydrogen-bond acceptors (Lipinski definition) is 2. The van der Waals surface area contributed by atoms with Crippen LogP contribution in [0.15, 0.2) is 24.3 Å². The van der Waals surface area contributed by atoms with Crippen molar-refractivity contribution in [2.45, 2.75) is 71.4 Å². The monoisotopic (exact) mass is 287 g/mol. The number of imidazole rings is 1. The molecule has 0 aliphatic carbocycles. The molecule has 2 aromatic rings. The van der Waals surface area contributed by atoms with Gasteiger partial charge in [-0.3, -0.25) is 0 Å². The van der Waals surface area contributed by atoms with E-state index >= 15 is 0 Å². The van der Waals surface area contributed by atoms with Crippen molar-refractivity contribution in [1.29, 1.82) is 0 Å². The fourth-order valence-corrected chi connectivity index (χ4v) is 2.96. The van der Waals surface area contributed by atoms with Crippen molar-refractivity contribution in [2.24, 2.45) is 5.73 Å². The Labute approximate surface area is 128 Å². The minimum Gasteiger partial charge on any atom is -0.328 e. The van der Waals surface area contributed by atoms with Gasteiger partial charge >= 0.3 is 0 Å². The van der Waals surface area contributed by atoms with E-state index in [4.69, 9.17) is 10.7 Å². The minimum absolute atomic E-state index is 0.0425. The highest BCUT2D eigenvalue weighted by Gasteiger charge is 2.24. The molecule has 0 amide bonds. The number of benzene rings is 1. The van der Waals surface area contributed by atoms with Gasteiger partial charge in [-0.2, -0.15) is 0 Å². The van der Waals surface area contributed by atoms with Crippen LogP contribution in [0, 0.1) is 0 Å². The van der Waals surface area contributed by atoms with E-state index in [0.29, 0.717) is 12.0 Å². The van der Waals surface area contributed by atoms with Gasteiger partial charge in [-0.1, -0.05) is 25.5 Å². The highest BCUT2D eigenvalue weighted by molar-refractivity contribution is 5.76. The van der Waals surface area contributed by atoms with Crippen LogP contribution in [-0.4, -0.2) is 15.6 Å². The number of hydrogen-bond donors (Lipinski definition) is 1. The summed E-state index contributed by atoms with van der Waals surface area (Å²) in [5, 5.41) is 0. The molecule has 0 aliphatic rings. The van der Waals surface area contributed by atoms with Crippen molar-refractivity contribution in [3.63, 3.8) is 0 Å². The molecule has 21 heavy (non-hydrogen) atoms. The van der Waals surface area contributed by atoms with Crippen LogP contribution in [0.5, 0.6) is 0 Å². The van der Waals surface area contributed by atoms with E-state index in [9.17, 15) is 0 Å². The number of nitrogens with two attached hydrogens (primary N) is 1. The SMILES string of the molecule is CC(N)CCCC(C)c1nc2ccccc2n1C(C)(C)C. The number of para-hydroxylation sites is 2. The van der Waals surface area contributed by atoms with Crippen molar-refractivity contribution >= 4 is 11.0 Å². The summed E-state index contributed by atoms with van der Waals surface area (Å²) in [5.41, 5.74) is 8.23. The van der Waals surface area contributed by atoms with E-state index in [2.05, 4.69) is 63.5 Å². The van der Waals surface area contributed by atoms with E-state index in [1.54, 1.807) is 0 Å². The zero-order valence-electron chi connectivity index (χ0n) is 14.1. The molecule has 2 N–H and O–H groups in total. The second-order valence-corrected chi connectivity index (χ2v) is 7.27. The molecule has 2 atom stereocenters. The van der Waals surface area contributed by atoms with Crippen molar-refractivity contribution < 1.29 is 0 Å². The Hall–Kier alpha value is -1.35. The van der Waals surface area contributed by atoms with Gasteiger partial charge in [0.05, 0.1) is 11.0 Å². The van der Waals surface area contributed by atoms with E-state index < -0.39 is 0 Å². The summed E-state index contributed by atoms with van der Waals surface area (Å²) < 4.78 is 2.40. The molecule has 0 saturated heterocycles. The van der Waals surface area contributed by atoms with Gasteiger partial charge in [0, 0.05) is 17.5 Å². The van der Waals surface area contributed by atoms with Crippen LogP contribution in [0.2, 0.25) is 0 Å². The van der Waals surface area contributed by atoms with Crippen molar-refractivity contribution in [3.05, 3.63) is 30.1 Å². The molecule has 2 rings (SSSR count). The first kappa shape index (κ1) is 16.0. The average molecular weight is 287 g/mol. The molecule has 1 heterocycles. The van der Waals surface area contributed by atoms with Gasteiger partial charge in [0.25, 0.3) is 0 Å². The fraction of sp³-hybridized carbons (Fsp3) is 0.611. The van der Waals surface area contributed by atoms with Crippen LogP contribution in [0.25, 0.3) is 11.0 Å². The first-order valence-electron chi connectivity index (χ1n) is 8.04. The smallest absolute Gasteiger partial charge is 0.113 e. The largest absolute Gasteiger partial charge is 0.328 e. The first-order chi connectivity index (χ1) is 9.80. The molecule has 0 saturated carbocycles. The topological polar surface area (TPSA) is 43.8 Å². The zero-order valence-corrected chi connectivity index (χ0v) is 14.1. The maximum atomic E-state index is 5.86. The highest BCUT2D eigenvalue weighted by atomic mass is 15.1. The lowest BCUT2D eigenvalue weighted by atomic mass is 9.99. The highest BCUT2D eigenvalue weighted by Crippen LogP contribution is 2.31. The number of fused-ring (bicyclic) bond motifs is 1. The van der Waals surface area contributed by atoms with E-state index in [1.807, 2.05) is 0 Å². The third-order valence-electron chi connectivity index (χ3n) is 3.99. The number of rotatable bonds is 5. The first-order valence-corrected chi connectivity index (χ1v) is 8.04. The standard InChI is InChI=1S/C18H29N3/c1-13(9-8-10-14(2)19)17-20-15-11-6-7-12-16(15)21(17)18(3,4)5/h6-7,11-14H,8-10,19H2,1-5H3. The Kier molecular flexibility index (Phi) is 4.72. The molecule has 0 radical (unpaired) electrons. The third-order valence-corrected chi connectivity index (χ3v) is 3.99. The zero-order chi connectivity index (χ0) is 15.6. The molecule has 3 nitrogen and oxygen atoms in total. The van der Waals surface area contributed by atoms with Crippen LogP contribution in [0.4, 0.5) is 0 Å². The average Bonchev–Trinajstić information content (AvgIpc) is 2.77. The Morgan fingerprint density at radius 2 is 1.81 bits per heavy atom. The Bertz CT molecular complexity index is 590. The quantitative estimate of drug-likeness (QED) is 0.885. The Morgan fingerprint density at radius 1 is 1.14 bits per heavy atom. The lowest BCUT2D eigenvalue weighted by Gasteiger charge is -2.27. The molecular weight excluding hydrogens is 258 g/mol. The van der Waals surface area contributed by atoms with Crippen molar-refractivity contribution in [1.82, 2.24) is 9.55 Å². The summed E-state index contributed by atoms with van der Waals surface area (Å²) in [5.74, 6) is 1.66. The molecule has 0 fully saturated rings. The van der Waals surface area contributed by atoms with Gasteiger partial charge in [-0.05, 0) is 52.7 Å². The normalized spacial score (nSPS) is 15.3. The third kappa shape index (κ3) is 3.65. The molecule has 116 valence electrons. The molecule has 3 heteroatoms. The van der Waals surface area contributed by atoms with Gasteiger partial charge in [0.15, 0.2) is 0 Å². The van der Waals surface area contributed by atoms with Crippen molar-refractivity contribution in [3.8, 4) is 0 Å². The van der Waals surface area contributed by atoms with Gasteiger partial charge in [-0.15, -0.1) is 0 Å². The Balaban J connectivity index is 2.34. The van der Waals surface area contributed by atoms with E-state index in [-0.39, 0.29) is 5.54 Å². The molecular formula is C18H29N3.